The molecule has 0 aliphatic carbocycles. The number of rotatable bonds is 6. The van der Waals surface area contributed by atoms with Gasteiger partial charge >= 0.3 is 0 Å². The summed E-state index contributed by atoms with van der Waals surface area (Å²) in [6.45, 7) is 3.57. The number of nitrogens with one attached hydrogen (secondary N) is 1. The van der Waals surface area contributed by atoms with Gasteiger partial charge in [-0.05, 0) is 63.0 Å². The fourth-order valence-corrected chi connectivity index (χ4v) is 4.94. The number of likely N-dealkylation sites (tertiary alicyclic amines) is 2. The Morgan fingerprint density at radius 3 is 2.49 bits per heavy atom. The van der Waals surface area contributed by atoms with Crippen LogP contribution in [0.5, 0.6) is 0 Å². The van der Waals surface area contributed by atoms with Crippen LogP contribution in [0.3, 0.4) is 0 Å². The molecule has 0 saturated carbocycles. The number of aromatic nitrogens is 2. The fourth-order valence-electron chi connectivity index (χ4n) is 4.72. The highest BCUT2D eigenvalue weighted by Gasteiger charge is 2.28. The number of hydrogen-bond donors (Lipinski definition) is 1. The van der Waals surface area contributed by atoms with Crippen LogP contribution in [0, 0.1) is 5.92 Å². The Morgan fingerprint density at radius 2 is 1.71 bits per heavy atom. The number of anilines is 1. The fraction of sp³-hybridized carbons (Fsp3) is 0.385. The number of nitrogens with zero attached hydrogens (tertiary/aromatic N) is 4. The molecule has 1 N–H and O–H groups in total. The highest BCUT2D eigenvalue weighted by molar-refractivity contribution is 6.33. The van der Waals surface area contributed by atoms with Crippen molar-refractivity contribution in [2.24, 2.45) is 5.92 Å². The van der Waals surface area contributed by atoms with Gasteiger partial charge in [0.2, 0.25) is 17.6 Å². The van der Waals surface area contributed by atoms with Crippen LogP contribution in [0.2, 0.25) is 5.02 Å². The lowest BCUT2D eigenvalue weighted by atomic mass is 9.95. The molecule has 2 amide bonds. The molecule has 2 aromatic carbocycles. The Labute approximate surface area is 209 Å². The third kappa shape index (κ3) is 5.39. The van der Waals surface area contributed by atoms with Crippen LogP contribution in [-0.2, 0) is 11.3 Å². The van der Waals surface area contributed by atoms with Gasteiger partial charge in [-0.25, -0.2) is 0 Å². The van der Waals surface area contributed by atoms with Crippen molar-refractivity contribution >= 4 is 29.1 Å². The van der Waals surface area contributed by atoms with E-state index in [0.29, 0.717) is 34.5 Å². The molecule has 3 aromatic rings. The smallest absolute Gasteiger partial charge is 0.255 e. The molecule has 5 rings (SSSR count). The molecule has 9 heteroatoms. The number of hydrogen-bond acceptors (Lipinski definition) is 6. The Balaban J connectivity index is 1.16. The third-order valence-electron chi connectivity index (χ3n) is 6.71. The second-order valence-corrected chi connectivity index (χ2v) is 9.48. The summed E-state index contributed by atoms with van der Waals surface area (Å²) >= 11 is 6.23. The predicted molar refractivity (Wildman–Crippen MR) is 133 cm³/mol. The molecule has 0 unspecified atom stereocenters. The predicted octanol–water partition coefficient (Wildman–Crippen LogP) is 4.48. The van der Waals surface area contributed by atoms with Crippen LogP contribution in [0.1, 0.15) is 41.9 Å². The van der Waals surface area contributed by atoms with Crippen LogP contribution >= 0.6 is 11.6 Å². The summed E-state index contributed by atoms with van der Waals surface area (Å²) in [4.78, 5) is 34.5. The standard InChI is InChI=1S/C26H28ClN5O3/c27-21-9-3-1-7-19(21)24-29-23(35-30-24)17-31-15-11-18(12-16-31)25(33)28-22-10-4-2-8-20(22)26(34)32-13-5-6-14-32/h1-4,7-10,18H,5-6,11-17H2,(H,28,33). The molecule has 35 heavy (non-hydrogen) atoms. The molecule has 2 aliphatic heterocycles. The average molecular weight is 494 g/mol. The molecule has 3 heterocycles. The maximum Gasteiger partial charge on any atom is 0.255 e. The topological polar surface area (TPSA) is 91.6 Å². The van der Waals surface area contributed by atoms with E-state index in [1.165, 1.54) is 0 Å². The first kappa shape index (κ1) is 23.5. The summed E-state index contributed by atoms with van der Waals surface area (Å²) in [5.74, 6) is 0.843. The van der Waals surface area contributed by atoms with Crippen molar-refractivity contribution in [2.45, 2.75) is 32.2 Å². The second-order valence-electron chi connectivity index (χ2n) is 9.08. The van der Waals surface area contributed by atoms with Gasteiger partial charge in [-0.3, -0.25) is 14.5 Å². The molecule has 1 aromatic heterocycles. The van der Waals surface area contributed by atoms with Crippen molar-refractivity contribution < 1.29 is 14.1 Å². The van der Waals surface area contributed by atoms with E-state index in [4.69, 9.17) is 16.1 Å². The van der Waals surface area contributed by atoms with E-state index in [0.717, 1.165) is 57.4 Å². The summed E-state index contributed by atoms with van der Waals surface area (Å²) < 4.78 is 5.43. The highest BCUT2D eigenvalue weighted by Crippen LogP contribution is 2.27. The Kier molecular flexibility index (Phi) is 7.11. The first-order valence-corrected chi connectivity index (χ1v) is 12.5. The van der Waals surface area contributed by atoms with Crippen molar-refractivity contribution in [3.8, 4) is 11.4 Å². The van der Waals surface area contributed by atoms with Gasteiger partial charge in [0.15, 0.2) is 0 Å². The van der Waals surface area contributed by atoms with Crippen LogP contribution < -0.4 is 5.32 Å². The SMILES string of the molecule is O=C(Nc1ccccc1C(=O)N1CCCC1)C1CCN(Cc2nc(-c3ccccc3Cl)no2)CC1. The number of carbonyl (C=O) groups excluding carboxylic acids is 2. The second kappa shape index (κ2) is 10.6. The quantitative estimate of drug-likeness (QED) is 0.544. The summed E-state index contributed by atoms with van der Waals surface area (Å²) in [6.07, 6.45) is 3.51. The van der Waals surface area contributed by atoms with Gasteiger partial charge in [0.05, 0.1) is 22.8 Å². The highest BCUT2D eigenvalue weighted by atomic mass is 35.5. The van der Waals surface area contributed by atoms with Crippen LogP contribution in [-0.4, -0.2) is 57.9 Å². The van der Waals surface area contributed by atoms with E-state index >= 15 is 0 Å². The number of piperidine rings is 1. The van der Waals surface area contributed by atoms with Gasteiger partial charge in [-0.1, -0.05) is 41.0 Å². The minimum Gasteiger partial charge on any atom is -0.339 e. The normalized spacial score (nSPS) is 17.0. The van der Waals surface area contributed by atoms with Crippen molar-refractivity contribution in [1.29, 1.82) is 0 Å². The number of carbonyl (C=O) groups is 2. The van der Waals surface area contributed by atoms with E-state index < -0.39 is 0 Å². The van der Waals surface area contributed by atoms with Crippen LogP contribution in [0.25, 0.3) is 11.4 Å². The van der Waals surface area contributed by atoms with Crippen molar-refractivity contribution in [3.05, 3.63) is 65.0 Å². The summed E-state index contributed by atoms with van der Waals surface area (Å²) in [5.41, 5.74) is 1.89. The van der Waals surface area contributed by atoms with Crippen molar-refractivity contribution in [1.82, 2.24) is 19.9 Å². The molecule has 0 atom stereocenters. The first-order valence-electron chi connectivity index (χ1n) is 12.1. The van der Waals surface area contributed by atoms with Crippen molar-refractivity contribution in [3.63, 3.8) is 0 Å². The van der Waals surface area contributed by atoms with Gasteiger partial charge in [0.1, 0.15) is 0 Å². The van der Waals surface area contributed by atoms with Gasteiger partial charge in [-0.2, -0.15) is 4.98 Å². The van der Waals surface area contributed by atoms with E-state index in [1.807, 2.05) is 41.3 Å². The van der Waals surface area contributed by atoms with Crippen LogP contribution in [0.15, 0.2) is 53.1 Å². The number of amides is 2. The molecule has 2 saturated heterocycles. The monoisotopic (exact) mass is 493 g/mol. The lowest BCUT2D eigenvalue weighted by Gasteiger charge is -2.30. The average Bonchev–Trinajstić information content (AvgIpc) is 3.58. The molecule has 0 bridgehead atoms. The van der Waals surface area contributed by atoms with E-state index in [2.05, 4.69) is 20.4 Å². The van der Waals surface area contributed by atoms with E-state index in [9.17, 15) is 9.59 Å². The maximum absolute atomic E-state index is 13.0. The van der Waals surface area contributed by atoms with E-state index in [-0.39, 0.29) is 17.7 Å². The molecule has 2 aliphatic rings. The minimum absolute atomic E-state index is 0.0102. The van der Waals surface area contributed by atoms with E-state index in [1.54, 1.807) is 12.1 Å². The maximum atomic E-state index is 13.0. The molecular weight excluding hydrogens is 466 g/mol. The van der Waals surface area contributed by atoms with Gasteiger partial charge in [0, 0.05) is 24.6 Å². The first-order chi connectivity index (χ1) is 17.1. The molecule has 182 valence electrons. The number of halogens is 1. The lowest BCUT2D eigenvalue weighted by molar-refractivity contribution is -0.121. The summed E-state index contributed by atoms with van der Waals surface area (Å²) in [5, 5.41) is 7.66. The van der Waals surface area contributed by atoms with Gasteiger partial charge in [-0.15, -0.1) is 0 Å². The Hall–Kier alpha value is -3.23. The Bertz CT molecular complexity index is 1200. The lowest BCUT2D eigenvalue weighted by Crippen LogP contribution is -2.38. The third-order valence-corrected chi connectivity index (χ3v) is 7.04. The summed E-state index contributed by atoms with van der Waals surface area (Å²) in [7, 11) is 0. The van der Waals surface area contributed by atoms with Crippen molar-refractivity contribution in [2.75, 3.05) is 31.5 Å². The molecule has 0 radical (unpaired) electrons. The summed E-state index contributed by atoms with van der Waals surface area (Å²) in [6, 6.07) is 14.7. The zero-order valence-electron chi connectivity index (χ0n) is 19.5. The minimum atomic E-state index is -0.109. The zero-order chi connectivity index (χ0) is 24.2. The molecular formula is C26H28ClN5O3. The molecule has 0 spiro atoms. The Morgan fingerprint density at radius 1 is 1.00 bits per heavy atom. The number of benzene rings is 2. The molecule has 2 fully saturated rings. The van der Waals surface area contributed by atoms with Crippen LogP contribution in [0.4, 0.5) is 5.69 Å². The number of para-hydroxylation sites is 1. The largest absolute Gasteiger partial charge is 0.339 e. The van der Waals surface area contributed by atoms with Gasteiger partial charge < -0.3 is 14.7 Å². The van der Waals surface area contributed by atoms with Gasteiger partial charge in [0.25, 0.3) is 5.91 Å². The zero-order valence-corrected chi connectivity index (χ0v) is 20.2. The molecule has 8 nitrogen and oxygen atoms in total.